The van der Waals surface area contributed by atoms with Crippen LogP contribution < -0.4 is 15.4 Å². The Bertz CT molecular complexity index is 1010. The van der Waals surface area contributed by atoms with Gasteiger partial charge in [-0.3, -0.25) is 14.3 Å². The third-order valence-corrected chi connectivity index (χ3v) is 4.43. The predicted octanol–water partition coefficient (Wildman–Crippen LogP) is 2.49. The van der Waals surface area contributed by atoms with Crippen molar-refractivity contribution in [3.8, 4) is 5.75 Å². The number of hydrogen-bond acceptors (Lipinski definition) is 5. The highest BCUT2D eigenvalue weighted by molar-refractivity contribution is 5.93. The fourth-order valence-electron chi connectivity index (χ4n) is 3.11. The monoisotopic (exact) mass is 381 g/mol. The topological polar surface area (TPSA) is 98.1 Å². The lowest BCUT2D eigenvalue weighted by Gasteiger charge is -2.18. The average molecular weight is 381 g/mol. The minimum absolute atomic E-state index is 0.0932. The lowest BCUT2D eigenvalue weighted by atomic mass is 10.0. The van der Waals surface area contributed by atoms with Gasteiger partial charge in [0.2, 0.25) is 11.8 Å². The number of methoxy groups -OCH3 is 1. The molecule has 0 saturated carbocycles. The molecule has 1 atom stereocenters. The maximum atomic E-state index is 12.6. The minimum Gasteiger partial charge on any atom is -0.497 e. The van der Waals surface area contributed by atoms with E-state index >= 15 is 0 Å². The standard InChI is InChI=1S/C20H23N5O3/c1-12-17-9-15(11-21-20(17)25(3)24-12)23-19(27)10-18(22-13(2)26)14-5-7-16(28-4)8-6-14/h5-9,11,18H,10H2,1-4H3,(H,22,26)(H,23,27). The lowest BCUT2D eigenvalue weighted by molar-refractivity contribution is -0.120. The molecule has 3 rings (SSSR count). The van der Waals surface area contributed by atoms with Crippen molar-refractivity contribution in [2.45, 2.75) is 26.3 Å². The van der Waals surface area contributed by atoms with Crippen LogP contribution in [0.3, 0.4) is 0 Å². The van der Waals surface area contributed by atoms with Crippen LogP contribution in [0.1, 0.15) is 30.6 Å². The zero-order valence-corrected chi connectivity index (χ0v) is 16.3. The van der Waals surface area contributed by atoms with Crippen molar-refractivity contribution in [3.63, 3.8) is 0 Å². The zero-order valence-electron chi connectivity index (χ0n) is 16.3. The molecule has 1 aromatic carbocycles. The van der Waals surface area contributed by atoms with Crippen LogP contribution >= 0.6 is 0 Å². The van der Waals surface area contributed by atoms with Crippen molar-refractivity contribution in [3.05, 3.63) is 47.8 Å². The summed E-state index contributed by atoms with van der Waals surface area (Å²) in [5.74, 6) is 0.279. The number of rotatable bonds is 6. The molecule has 8 heteroatoms. The Morgan fingerprint density at radius 1 is 1.25 bits per heavy atom. The summed E-state index contributed by atoms with van der Waals surface area (Å²) in [6.45, 7) is 3.32. The highest BCUT2D eigenvalue weighted by atomic mass is 16.5. The number of hydrogen-bond donors (Lipinski definition) is 2. The van der Waals surface area contributed by atoms with E-state index in [0.29, 0.717) is 11.4 Å². The molecule has 0 saturated heterocycles. The van der Waals surface area contributed by atoms with Crippen molar-refractivity contribution in [2.24, 2.45) is 7.05 Å². The van der Waals surface area contributed by atoms with Crippen LogP contribution in [0, 0.1) is 6.92 Å². The fraction of sp³-hybridized carbons (Fsp3) is 0.300. The highest BCUT2D eigenvalue weighted by Gasteiger charge is 2.18. The van der Waals surface area contributed by atoms with Crippen molar-refractivity contribution in [2.75, 3.05) is 12.4 Å². The van der Waals surface area contributed by atoms with E-state index in [-0.39, 0.29) is 18.2 Å². The van der Waals surface area contributed by atoms with Gasteiger partial charge < -0.3 is 15.4 Å². The second-order valence-corrected chi connectivity index (χ2v) is 6.58. The van der Waals surface area contributed by atoms with Gasteiger partial charge in [0.05, 0.1) is 37.2 Å². The van der Waals surface area contributed by atoms with E-state index in [0.717, 1.165) is 22.3 Å². The highest BCUT2D eigenvalue weighted by Crippen LogP contribution is 2.23. The number of nitrogens with zero attached hydrogens (tertiary/aromatic N) is 3. The van der Waals surface area contributed by atoms with E-state index in [2.05, 4.69) is 20.7 Å². The number of pyridine rings is 1. The lowest BCUT2D eigenvalue weighted by Crippen LogP contribution is -2.29. The first-order valence-corrected chi connectivity index (χ1v) is 8.87. The van der Waals surface area contributed by atoms with E-state index in [1.54, 1.807) is 30.1 Å². The first-order chi connectivity index (χ1) is 13.4. The van der Waals surface area contributed by atoms with Crippen molar-refractivity contribution < 1.29 is 14.3 Å². The Morgan fingerprint density at radius 2 is 1.96 bits per heavy atom. The Kier molecular flexibility index (Phi) is 5.58. The third-order valence-electron chi connectivity index (χ3n) is 4.43. The molecule has 2 amide bonds. The van der Waals surface area contributed by atoms with Crippen molar-refractivity contribution in [1.82, 2.24) is 20.1 Å². The second-order valence-electron chi connectivity index (χ2n) is 6.58. The molecule has 28 heavy (non-hydrogen) atoms. The number of fused-ring (bicyclic) bond motifs is 1. The van der Waals surface area contributed by atoms with Crippen molar-refractivity contribution >= 4 is 28.5 Å². The first kappa shape index (κ1) is 19.3. The number of aromatic nitrogens is 3. The average Bonchev–Trinajstić information content (AvgIpc) is 2.94. The second kappa shape index (κ2) is 8.08. The summed E-state index contributed by atoms with van der Waals surface area (Å²) in [7, 11) is 3.41. The normalized spacial score (nSPS) is 11.9. The number of carbonyl (C=O) groups is 2. The Labute approximate surface area is 162 Å². The summed E-state index contributed by atoms with van der Waals surface area (Å²) in [5.41, 5.74) is 3.01. The van der Waals surface area contributed by atoms with Gasteiger partial charge in [0.1, 0.15) is 5.75 Å². The molecule has 8 nitrogen and oxygen atoms in total. The molecular weight excluding hydrogens is 358 g/mol. The molecular formula is C20H23N5O3. The van der Waals surface area contributed by atoms with E-state index in [9.17, 15) is 9.59 Å². The zero-order chi connectivity index (χ0) is 20.3. The Balaban J connectivity index is 1.76. The maximum absolute atomic E-state index is 12.6. The van der Waals surface area contributed by atoms with Gasteiger partial charge in [-0.1, -0.05) is 12.1 Å². The SMILES string of the molecule is COc1ccc(C(CC(=O)Nc2cnc3c(c2)c(C)nn3C)NC(C)=O)cc1. The van der Waals surface area contributed by atoms with Crippen LogP contribution in [0.4, 0.5) is 5.69 Å². The molecule has 1 unspecified atom stereocenters. The number of aryl methyl sites for hydroxylation is 2. The molecule has 2 heterocycles. The minimum atomic E-state index is -0.444. The number of ether oxygens (including phenoxy) is 1. The third kappa shape index (κ3) is 4.28. The number of carbonyl (C=O) groups excluding carboxylic acids is 2. The van der Waals surface area contributed by atoms with Gasteiger partial charge in [-0.25, -0.2) is 4.98 Å². The van der Waals surface area contributed by atoms with Crippen LogP contribution in [0.5, 0.6) is 5.75 Å². The number of amides is 2. The molecule has 0 fully saturated rings. The van der Waals surface area contributed by atoms with Gasteiger partial charge in [-0.05, 0) is 30.7 Å². The number of nitrogens with one attached hydrogen (secondary N) is 2. The largest absolute Gasteiger partial charge is 0.497 e. The quantitative estimate of drug-likeness (QED) is 0.684. The van der Waals surface area contributed by atoms with Crippen LogP contribution in [0.15, 0.2) is 36.5 Å². The summed E-state index contributed by atoms with van der Waals surface area (Å²) >= 11 is 0. The van der Waals surface area contributed by atoms with Gasteiger partial charge in [0.25, 0.3) is 0 Å². The van der Waals surface area contributed by atoms with E-state index in [1.807, 2.05) is 32.2 Å². The molecule has 146 valence electrons. The number of anilines is 1. The summed E-state index contributed by atoms with van der Waals surface area (Å²) in [4.78, 5) is 28.5. The summed E-state index contributed by atoms with van der Waals surface area (Å²) < 4.78 is 6.86. The predicted molar refractivity (Wildman–Crippen MR) is 106 cm³/mol. The molecule has 0 spiro atoms. The molecule has 0 aliphatic heterocycles. The van der Waals surface area contributed by atoms with Gasteiger partial charge in [0.15, 0.2) is 5.65 Å². The van der Waals surface area contributed by atoms with Crippen molar-refractivity contribution in [1.29, 1.82) is 0 Å². The fourth-order valence-corrected chi connectivity index (χ4v) is 3.11. The van der Waals surface area contributed by atoms with Gasteiger partial charge >= 0.3 is 0 Å². The smallest absolute Gasteiger partial charge is 0.226 e. The molecule has 3 aromatic rings. The molecule has 0 bridgehead atoms. The maximum Gasteiger partial charge on any atom is 0.226 e. The Morgan fingerprint density at radius 3 is 2.61 bits per heavy atom. The summed E-state index contributed by atoms with van der Waals surface area (Å²) in [5, 5.41) is 10.9. The van der Waals surface area contributed by atoms with E-state index < -0.39 is 6.04 Å². The van der Waals surface area contributed by atoms with Crippen LogP contribution in [-0.2, 0) is 16.6 Å². The summed E-state index contributed by atoms with van der Waals surface area (Å²) in [6.07, 6.45) is 1.69. The number of benzene rings is 1. The Hall–Kier alpha value is -3.42. The van der Waals surface area contributed by atoms with Gasteiger partial charge in [-0.2, -0.15) is 5.10 Å². The molecule has 2 aromatic heterocycles. The van der Waals surface area contributed by atoms with E-state index in [4.69, 9.17) is 4.74 Å². The van der Waals surface area contributed by atoms with E-state index in [1.165, 1.54) is 6.92 Å². The van der Waals surface area contributed by atoms with Crippen LogP contribution in [0.25, 0.3) is 11.0 Å². The molecule has 0 radical (unpaired) electrons. The molecule has 2 N–H and O–H groups in total. The molecule has 0 aliphatic rings. The van der Waals surface area contributed by atoms with Gasteiger partial charge in [-0.15, -0.1) is 0 Å². The first-order valence-electron chi connectivity index (χ1n) is 8.87. The molecule has 0 aliphatic carbocycles. The summed E-state index contributed by atoms with van der Waals surface area (Å²) in [6, 6.07) is 8.67. The van der Waals surface area contributed by atoms with Gasteiger partial charge in [0, 0.05) is 19.4 Å². The van der Waals surface area contributed by atoms with Crippen LogP contribution in [0.2, 0.25) is 0 Å². The van der Waals surface area contributed by atoms with Crippen LogP contribution in [-0.4, -0.2) is 33.7 Å².